The number of hydrogen-bond acceptors (Lipinski definition) is 3. The van der Waals surface area contributed by atoms with Crippen molar-refractivity contribution < 1.29 is 0 Å². The normalized spacial score (nSPS) is 12.2. The molecular formula is C35H18ClN3. The van der Waals surface area contributed by atoms with Gasteiger partial charge in [-0.25, -0.2) is 4.98 Å². The molecule has 0 saturated carbocycles. The lowest BCUT2D eigenvalue weighted by molar-refractivity contribution is 1.07. The van der Waals surface area contributed by atoms with E-state index in [0.29, 0.717) is 11.6 Å². The van der Waals surface area contributed by atoms with E-state index < -0.39 is 0 Å². The van der Waals surface area contributed by atoms with E-state index in [0.717, 1.165) is 21.9 Å². The van der Waals surface area contributed by atoms with Crippen molar-refractivity contribution in [3.8, 4) is 45.0 Å². The maximum Gasteiger partial charge on any atom is 0.226 e. The molecule has 180 valence electrons. The SMILES string of the molecule is Clc1nc(-c2ccc3c4c(cccc24)-c2ccccc2-3)nc(-c2ccc3ccc4cccc5ccc2c3c45)n1. The highest BCUT2D eigenvalue weighted by atomic mass is 35.5. The van der Waals surface area contributed by atoms with Crippen molar-refractivity contribution in [2.45, 2.75) is 0 Å². The molecule has 0 unspecified atom stereocenters. The van der Waals surface area contributed by atoms with Crippen LogP contribution in [-0.2, 0) is 0 Å². The van der Waals surface area contributed by atoms with Crippen molar-refractivity contribution in [2.24, 2.45) is 0 Å². The van der Waals surface area contributed by atoms with Gasteiger partial charge in [0.25, 0.3) is 0 Å². The molecule has 0 radical (unpaired) electrons. The standard InChI is InChI=1S/C35H18ClN3/c36-35-38-33(28-16-14-21-12-11-19-5-3-6-20-13-15-27(28)31(21)30(19)20)37-34(39-35)29-18-17-26-23-8-2-1-7-22(23)24-9-4-10-25(29)32(24)26/h1-18H. The van der Waals surface area contributed by atoms with Crippen molar-refractivity contribution in [1.29, 1.82) is 0 Å². The largest absolute Gasteiger partial charge is 0.226 e. The molecule has 0 fully saturated rings. The zero-order valence-electron chi connectivity index (χ0n) is 20.6. The summed E-state index contributed by atoms with van der Waals surface area (Å²) in [5.41, 5.74) is 6.91. The molecule has 0 spiro atoms. The van der Waals surface area contributed by atoms with Gasteiger partial charge in [-0.3, -0.25) is 0 Å². The van der Waals surface area contributed by atoms with Gasteiger partial charge in [-0.1, -0.05) is 97.1 Å². The van der Waals surface area contributed by atoms with Crippen LogP contribution in [0.1, 0.15) is 0 Å². The van der Waals surface area contributed by atoms with Gasteiger partial charge < -0.3 is 0 Å². The Hall–Kier alpha value is -4.86. The molecule has 0 bridgehead atoms. The lowest BCUT2D eigenvalue weighted by atomic mass is 9.92. The number of halogens is 1. The maximum absolute atomic E-state index is 6.59. The van der Waals surface area contributed by atoms with Crippen LogP contribution < -0.4 is 0 Å². The first-order chi connectivity index (χ1) is 19.2. The summed E-state index contributed by atoms with van der Waals surface area (Å²) in [4.78, 5) is 14.3. The van der Waals surface area contributed by atoms with Gasteiger partial charge in [0.05, 0.1) is 0 Å². The second kappa shape index (κ2) is 7.59. The van der Waals surface area contributed by atoms with Crippen molar-refractivity contribution in [1.82, 2.24) is 15.0 Å². The molecule has 1 heterocycles. The second-order valence-electron chi connectivity index (χ2n) is 10.2. The lowest BCUT2D eigenvalue weighted by Gasteiger charge is -2.14. The molecule has 1 aromatic heterocycles. The summed E-state index contributed by atoms with van der Waals surface area (Å²) < 4.78 is 0. The Labute approximate surface area is 228 Å². The fourth-order valence-electron chi connectivity index (χ4n) is 6.52. The Bertz CT molecular complexity index is 2260. The highest BCUT2D eigenvalue weighted by molar-refractivity contribution is 6.29. The number of benzene rings is 7. The summed E-state index contributed by atoms with van der Waals surface area (Å²) in [7, 11) is 0. The summed E-state index contributed by atoms with van der Waals surface area (Å²) in [6.07, 6.45) is 0. The molecule has 1 aliphatic rings. The van der Waals surface area contributed by atoms with Crippen molar-refractivity contribution in [3.63, 3.8) is 0 Å². The first-order valence-electron chi connectivity index (χ1n) is 13.0. The van der Waals surface area contributed by atoms with Crippen LogP contribution in [0.5, 0.6) is 0 Å². The minimum atomic E-state index is 0.187. The molecule has 0 aliphatic heterocycles. The van der Waals surface area contributed by atoms with Gasteiger partial charge in [-0.2, -0.15) is 9.97 Å². The molecular weight excluding hydrogens is 498 g/mol. The predicted molar refractivity (Wildman–Crippen MR) is 161 cm³/mol. The van der Waals surface area contributed by atoms with E-state index in [1.165, 1.54) is 54.6 Å². The van der Waals surface area contributed by atoms with E-state index in [-0.39, 0.29) is 5.28 Å². The Balaban J connectivity index is 1.30. The van der Waals surface area contributed by atoms with Crippen LogP contribution in [-0.4, -0.2) is 15.0 Å². The van der Waals surface area contributed by atoms with E-state index in [9.17, 15) is 0 Å². The van der Waals surface area contributed by atoms with E-state index in [1.54, 1.807) is 0 Å². The highest BCUT2D eigenvalue weighted by Crippen LogP contribution is 2.49. The average molecular weight is 516 g/mol. The summed E-state index contributed by atoms with van der Waals surface area (Å²) in [6.45, 7) is 0. The predicted octanol–water partition coefficient (Wildman–Crippen LogP) is 9.56. The molecule has 0 atom stereocenters. The summed E-state index contributed by atoms with van der Waals surface area (Å²) in [5, 5.41) is 9.79. The van der Waals surface area contributed by atoms with E-state index in [4.69, 9.17) is 16.6 Å². The molecule has 39 heavy (non-hydrogen) atoms. The molecule has 9 rings (SSSR count). The average Bonchev–Trinajstić information content (AvgIpc) is 3.31. The maximum atomic E-state index is 6.59. The number of rotatable bonds is 2. The molecule has 3 nitrogen and oxygen atoms in total. The molecule has 4 heteroatoms. The quantitative estimate of drug-likeness (QED) is 0.215. The molecule has 7 aromatic carbocycles. The Morgan fingerprint density at radius 1 is 0.359 bits per heavy atom. The van der Waals surface area contributed by atoms with Gasteiger partial charge in [0.15, 0.2) is 11.6 Å². The van der Waals surface area contributed by atoms with Crippen LogP contribution in [0, 0.1) is 0 Å². The summed E-state index contributed by atoms with van der Waals surface area (Å²) >= 11 is 6.59. The van der Waals surface area contributed by atoms with Gasteiger partial charge in [0, 0.05) is 11.1 Å². The van der Waals surface area contributed by atoms with Gasteiger partial charge in [-0.15, -0.1) is 0 Å². The zero-order valence-corrected chi connectivity index (χ0v) is 21.4. The fraction of sp³-hybridized carbons (Fsp3) is 0. The number of fused-ring (bicyclic) bond motifs is 3. The number of aromatic nitrogens is 3. The van der Waals surface area contributed by atoms with Crippen molar-refractivity contribution in [2.75, 3.05) is 0 Å². The van der Waals surface area contributed by atoms with Crippen molar-refractivity contribution >= 4 is 54.7 Å². The van der Waals surface area contributed by atoms with Gasteiger partial charge >= 0.3 is 0 Å². The van der Waals surface area contributed by atoms with Gasteiger partial charge in [0.1, 0.15) is 0 Å². The first-order valence-corrected chi connectivity index (χ1v) is 13.4. The minimum absolute atomic E-state index is 0.187. The van der Waals surface area contributed by atoms with Gasteiger partial charge in [0.2, 0.25) is 5.28 Å². The molecule has 8 aromatic rings. The minimum Gasteiger partial charge on any atom is -0.208 e. The third-order valence-electron chi connectivity index (χ3n) is 8.17. The second-order valence-corrected chi connectivity index (χ2v) is 10.5. The van der Waals surface area contributed by atoms with Crippen LogP contribution in [0.2, 0.25) is 5.28 Å². The number of nitrogens with zero attached hydrogens (tertiary/aromatic N) is 3. The lowest BCUT2D eigenvalue weighted by Crippen LogP contribution is -1.99. The highest BCUT2D eigenvalue weighted by Gasteiger charge is 2.23. The topological polar surface area (TPSA) is 38.7 Å². The fourth-order valence-corrected chi connectivity index (χ4v) is 6.68. The zero-order chi connectivity index (χ0) is 25.7. The molecule has 0 amide bonds. The van der Waals surface area contributed by atoms with Crippen LogP contribution >= 0.6 is 11.6 Å². The van der Waals surface area contributed by atoms with Crippen LogP contribution in [0.3, 0.4) is 0 Å². The molecule has 1 aliphatic carbocycles. The summed E-state index contributed by atoms with van der Waals surface area (Å²) in [5.74, 6) is 1.16. The molecule has 0 N–H and O–H groups in total. The van der Waals surface area contributed by atoms with Crippen LogP contribution in [0.15, 0.2) is 109 Å². The third kappa shape index (κ3) is 2.85. The van der Waals surface area contributed by atoms with E-state index in [1.807, 2.05) is 0 Å². The Kier molecular flexibility index (Phi) is 4.11. The smallest absolute Gasteiger partial charge is 0.208 e. The van der Waals surface area contributed by atoms with E-state index >= 15 is 0 Å². The van der Waals surface area contributed by atoms with Gasteiger partial charge in [-0.05, 0) is 89.1 Å². The van der Waals surface area contributed by atoms with Crippen LogP contribution in [0.25, 0.3) is 88.1 Å². The van der Waals surface area contributed by atoms with E-state index in [2.05, 4.69) is 119 Å². The molecule has 0 saturated heterocycles. The Morgan fingerprint density at radius 2 is 0.872 bits per heavy atom. The van der Waals surface area contributed by atoms with Crippen LogP contribution in [0.4, 0.5) is 0 Å². The third-order valence-corrected chi connectivity index (χ3v) is 8.34. The Morgan fingerprint density at radius 3 is 1.62 bits per heavy atom. The number of hydrogen-bond donors (Lipinski definition) is 0. The van der Waals surface area contributed by atoms with Crippen molar-refractivity contribution in [3.05, 3.63) is 114 Å². The summed E-state index contributed by atoms with van der Waals surface area (Å²) in [6, 6.07) is 38.7. The first kappa shape index (κ1) is 21.1. The monoisotopic (exact) mass is 515 g/mol.